The number of likely N-dealkylation sites (tertiary alicyclic amines) is 1. The van der Waals surface area contributed by atoms with Crippen molar-refractivity contribution in [3.8, 4) is 0 Å². The zero-order chi connectivity index (χ0) is 27.1. The average molecular weight is 494 g/mol. The second-order valence-corrected chi connectivity index (χ2v) is 11.7. The van der Waals surface area contributed by atoms with Crippen LogP contribution in [-0.2, 0) is 19.1 Å². The van der Waals surface area contributed by atoms with Gasteiger partial charge < -0.3 is 15.0 Å². The SMILES string of the molecule is CCOC(=O)C(C)=C[C@H](C(C)C)N(C)C(=O)[C@@H](NC(=O)[C@H]1CCC(CC)CN1C(C)C)C(C)(C)C. The Hall–Kier alpha value is -1.89. The van der Waals surface area contributed by atoms with Crippen LogP contribution in [0.3, 0.4) is 0 Å². The number of hydrogen-bond donors (Lipinski definition) is 1. The Morgan fingerprint density at radius 1 is 1.11 bits per heavy atom. The molecular weight excluding hydrogens is 442 g/mol. The molecule has 0 spiro atoms. The van der Waals surface area contributed by atoms with E-state index in [-0.39, 0.29) is 41.8 Å². The predicted molar refractivity (Wildman–Crippen MR) is 142 cm³/mol. The summed E-state index contributed by atoms with van der Waals surface area (Å²) in [6, 6.07) is -0.961. The number of carbonyl (C=O) groups is 3. The number of nitrogens with one attached hydrogen (secondary N) is 1. The van der Waals surface area contributed by atoms with Gasteiger partial charge >= 0.3 is 5.97 Å². The Kier molecular flexibility index (Phi) is 11.9. The van der Waals surface area contributed by atoms with Gasteiger partial charge in [-0.3, -0.25) is 14.5 Å². The van der Waals surface area contributed by atoms with Gasteiger partial charge in [-0.1, -0.05) is 54.0 Å². The third-order valence-corrected chi connectivity index (χ3v) is 7.16. The van der Waals surface area contributed by atoms with Crippen molar-refractivity contribution in [3.63, 3.8) is 0 Å². The van der Waals surface area contributed by atoms with E-state index in [0.29, 0.717) is 18.1 Å². The normalized spacial score (nSPS) is 21.6. The zero-order valence-corrected chi connectivity index (χ0v) is 24.1. The molecule has 202 valence electrons. The fourth-order valence-electron chi connectivity index (χ4n) is 4.82. The van der Waals surface area contributed by atoms with Crippen LogP contribution in [0.2, 0.25) is 0 Å². The van der Waals surface area contributed by atoms with Crippen molar-refractivity contribution in [1.29, 1.82) is 0 Å². The van der Waals surface area contributed by atoms with Gasteiger partial charge in [0, 0.05) is 25.2 Å². The zero-order valence-electron chi connectivity index (χ0n) is 24.1. The standard InChI is InChI=1S/C28H51N3O4/c1-12-21-14-15-22(31(17-21)19(5)6)25(32)29-24(28(8,9)10)26(33)30(11)23(18(3)4)16-20(7)27(34)35-13-2/h16,18-19,21-24H,12-15,17H2,1-11H3,(H,29,32)/t21?,22-,23-,24-/m1/s1. The lowest BCUT2D eigenvalue weighted by molar-refractivity contribution is -0.142. The van der Waals surface area contributed by atoms with Crippen LogP contribution in [0.1, 0.15) is 88.5 Å². The van der Waals surface area contributed by atoms with E-state index in [1.54, 1.807) is 31.9 Å². The molecule has 0 aliphatic carbocycles. The Balaban J connectivity index is 3.17. The quantitative estimate of drug-likeness (QED) is 0.360. The van der Waals surface area contributed by atoms with Gasteiger partial charge in [0.15, 0.2) is 0 Å². The molecule has 2 amide bonds. The Morgan fingerprint density at radius 3 is 2.17 bits per heavy atom. The molecule has 0 bridgehead atoms. The molecule has 0 aromatic carbocycles. The van der Waals surface area contributed by atoms with Crippen molar-refractivity contribution in [2.75, 3.05) is 20.2 Å². The Labute approximate surface area is 214 Å². The van der Waals surface area contributed by atoms with E-state index in [1.165, 1.54) is 0 Å². The van der Waals surface area contributed by atoms with Crippen molar-refractivity contribution < 1.29 is 19.1 Å². The maximum absolute atomic E-state index is 13.8. The summed E-state index contributed by atoms with van der Waals surface area (Å²) in [5.41, 5.74) is -0.00655. The fraction of sp³-hybridized carbons (Fsp3) is 0.821. The number of rotatable bonds is 10. The summed E-state index contributed by atoms with van der Waals surface area (Å²) in [5, 5.41) is 3.13. The predicted octanol–water partition coefficient (Wildman–Crippen LogP) is 4.41. The average Bonchev–Trinajstić information content (AvgIpc) is 2.78. The molecule has 0 aromatic rings. The van der Waals surface area contributed by atoms with Crippen molar-refractivity contribution >= 4 is 17.8 Å². The third kappa shape index (κ3) is 8.62. The van der Waals surface area contributed by atoms with E-state index in [9.17, 15) is 14.4 Å². The van der Waals surface area contributed by atoms with E-state index in [4.69, 9.17) is 4.74 Å². The van der Waals surface area contributed by atoms with Crippen molar-refractivity contribution in [1.82, 2.24) is 15.1 Å². The first kappa shape index (κ1) is 31.1. The highest BCUT2D eigenvalue weighted by Gasteiger charge is 2.40. The summed E-state index contributed by atoms with van der Waals surface area (Å²) in [4.78, 5) is 43.5. The molecule has 0 radical (unpaired) electrons. The van der Waals surface area contributed by atoms with E-state index >= 15 is 0 Å². The summed E-state index contributed by atoms with van der Waals surface area (Å²) in [6.45, 7) is 21.1. The van der Waals surface area contributed by atoms with E-state index in [0.717, 1.165) is 25.8 Å². The number of esters is 1. The first-order valence-corrected chi connectivity index (χ1v) is 13.3. The molecule has 1 heterocycles. The number of hydrogen-bond acceptors (Lipinski definition) is 5. The molecule has 7 nitrogen and oxygen atoms in total. The smallest absolute Gasteiger partial charge is 0.333 e. The highest BCUT2D eigenvalue weighted by molar-refractivity contribution is 5.91. The number of carbonyl (C=O) groups excluding carboxylic acids is 3. The maximum atomic E-state index is 13.8. The third-order valence-electron chi connectivity index (χ3n) is 7.16. The van der Waals surface area contributed by atoms with Gasteiger partial charge in [0.25, 0.3) is 0 Å². The molecule has 0 saturated carbocycles. The second-order valence-electron chi connectivity index (χ2n) is 11.7. The van der Waals surface area contributed by atoms with Crippen LogP contribution in [0.15, 0.2) is 11.6 Å². The molecule has 35 heavy (non-hydrogen) atoms. The van der Waals surface area contributed by atoms with Crippen LogP contribution < -0.4 is 5.32 Å². The molecule has 1 unspecified atom stereocenters. The van der Waals surface area contributed by atoms with Crippen LogP contribution in [-0.4, -0.2) is 72.0 Å². The first-order valence-electron chi connectivity index (χ1n) is 13.3. The highest BCUT2D eigenvalue weighted by Crippen LogP contribution is 2.28. The first-order chi connectivity index (χ1) is 16.1. The molecule has 1 aliphatic heterocycles. The van der Waals surface area contributed by atoms with E-state index < -0.39 is 11.5 Å². The molecule has 4 atom stereocenters. The molecule has 1 saturated heterocycles. The van der Waals surface area contributed by atoms with Crippen LogP contribution in [0.25, 0.3) is 0 Å². The molecule has 1 rings (SSSR count). The summed E-state index contributed by atoms with van der Waals surface area (Å²) >= 11 is 0. The lowest BCUT2D eigenvalue weighted by Crippen LogP contribution is -2.61. The molecule has 1 fully saturated rings. The van der Waals surface area contributed by atoms with Crippen LogP contribution in [0, 0.1) is 17.3 Å². The van der Waals surface area contributed by atoms with Crippen LogP contribution in [0.4, 0.5) is 0 Å². The molecule has 1 N–H and O–H groups in total. The lowest BCUT2D eigenvalue weighted by atomic mass is 9.84. The lowest BCUT2D eigenvalue weighted by Gasteiger charge is -2.43. The minimum absolute atomic E-state index is 0.0744. The number of likely N-dealkylation sites (N-methyl/N-ethyl adjacent to an activating group) is 1. The minimum atomic E-state index is -0.685. The highest BCUT2D eigenvalue weighted by atomic mass is 16.5. The van der Waals surface area contributed by atoms with E-state index in [1.807, 2.05) is 34.6 Å². The number of amides is 2. The van der Waals surface area contributed by atoms with Gasteiger partial charge in [-0.15, -0.1) is 0 Å². The van der Waals surface area contributed by atoms with E-state index in [2.05, 4.69) is 31.0 Å². The van der Waals surface area contributed by atoms with Gasteiger partial charge in [0.1, 0.15) is 6.04 Å². The van der Waals surface area contributed by atoms with Gasteiger partial charge in [0.2, 0.25) is 11.8 Å². The monoisotopic (exact) mass is 493 g/mol. The summed E-state index contributed by atoms with van der Waals surface area (Å²) < 4.78 is 5.12. The Morgan fingerprint density at radius 2 is 1.71 bits per heavy atom. The van der Waals surface area contributed by atoms with Gasteiger partial charge in [-0.2, -0.15) is 0 Å². The molecule has 1 aliphatic rings. The fourth-order valence-corrected chi connectivity index (χ4v) is 4.82. The largest absolute Gasteiger partial charge is 0.463 e. The summed E-state index contributed by atoms with van der Waals surface area (Å²) in [6.07, 6.45) is 4.74. The van der Waals surface area contributed by atoms with Crippen LogP contribution >= 0.6 is 0 Å². The topological polar surface area (TPSA) is 79.0 Å². The minimum Gasteiger partial charge on any atom is -0.463 e. The molecule has 0 aromatic heterocycles. The number of ether oxygens (including phenoxy) is 1. The molecule has 7 heteroatoms. The molecular formula is C28H51N3O4. The maximum Gasteiger partial charge on any atom is 0.333 e. The number of nitrogens with zero attached hydrogens (tertiary/aromatic N) is 2. The summed E-state index contributed by atoms with van der Waals surface area (Å²) in [5.74, 6) is 0.0699. The van der Waals surface area contributed by atoms with Crippen molar-refractivity contribution in [2.45, 2.75) is 113 Å². The van der Waals surface area contributed by atoms with Gasteiger partial charge in [-0.05, 0) is 57.8 Å². The van der Waals surface area contributed by atoms with Crippen LogP contribution in [0.5, 0.6) is 0 Å². The second kappa shape index (κ2) is 13.4. The van der Waals surface area contributed by atoms with Gasteiger partial charge in [0.05, 0.1) is 18.7 Å². The summed E-state index contributed by atoms with van der Waals surface area (Å²) in [7, 11) is 1.75. The van der Waals surface area contributed by atoms with Crippen molar-refractivity contribution in [2.24, 2.45) is 17.3 Å². The van der Waals surface area contributed by atoms with Crippen molar-refractivity contribution in [3.05, 3.63) is 11.6 Å². The Bertz CT molecular complexity index is 754. The van der Waals surface area contributed by atoms with Gasteiger partial charge in [-0.25, -0.2) is 4.79 Å². The number of piperidine rings is 1.